The van der Waals surface area contributed by atoms with E-state index in [2.05, 4.69) is 9.97 Å². The summed E-state index contributed by atoms with van der Waals surface area (Å²) >= 11 is 0. The van der Waals surface area contributed by atoms with Gasteiger partial charge in [-0.05, 0) is 36.5 Å². The average molecular weight is 311 g/mol. The summed E-state index contributed by atoms with van der Waals surface area (Å²) in [6.45, 7) is 0.214. The minimum Gasteiger partial charge on any atom is -0.382 e. The van der Waals surface area contributed by atoms with Gasteiger partial charge in [0.1, 0.15) is 11.6 Å². The van der Waals surface area contributed by atoms with Crippen LogP contribution in [0.4, 0.5) is 10.2 Å². The number of nitrogens with zero attached hydrogens (tertiary/aromatic N) is 3. The second-order valence-electron chi connectivity index (χ2n) is 5.34. The van der Waals surface area contributed by atoms with Crippen molar-refractivity contribution in [2.24, 2.45) is 5.73 Å². The first-order chi connectivity index (χ1) is 11.1. The van der Waals surface area contributed by atoms with Gasteiger partial charge in [0.2, 0.25) is 0 Å². The Kier molecular flexibility index (Phi) is 4.08. The van der Waals surface area contributed by atoms with E-state index in [-0.39, 0.29) is 18.4 Å². The zero-order valence-corrected chi connectivity index (χ0v) is 12.8. The normalized spacial score (nSPS) is 16.8. The fraction of sp³-hybridized carbons (Fsp3) is 0.176. The Morgan fingerprint density at radius 3 is 2.57 bits per heavy atom. The van der Waals surface area contributed by atoms with Crippen molar-refractivity contribution in [3.05, 3.63) is 65.9 Å². The van der Waals surface area contributed by atoms with E-state index in [0.29, 0.717) is 17.2 Å². The molecule has 5 nitrogen and oxygen atoms in total. The van der Waals surface area contributed by atoms with E-state index in [1.54, 1.807) is 12.1 Å². The molecule has 4 N–H and O–H groups in total. The average Bonchev–Trinajstić information content (AvgIpc) is 2.56. The number of allylic oxidation sites excluding steroid dienone is 2. The summed E-state index contributed by atoms with van der Waals surface area (Å²) in [7, 11) is 1.96. The summed E-state index contributed by atoms with van der Waals surface area (Å²) in [5.74, 6) is 0.000909. The van der Waals surface area contributed by atoms with Gasteiger partial charge in [-0.15, -0.1) is 0 Å². The van der Waals surface area contributed by atoms with Crippen LogP contribution >= 0.6 is 0 Å². The molecular formula is C17H18FN5. The Morgan fingerprint density at radius 2 is 1.91 bits per heavy atom. The topological polar surface area (TPSA) is 81.1 Å². The second-order valence-corrected chi connectivity index (χ2v) is 5.34. The molecule has 3 rings (SSSR count). The molecule has 118 valence electrons. The van der Waals surface area contributed by atoms with Crippen molar-refractivity contribution in [3.63, 3.8) is 0 Å². The van der Waals surface area contributed by atoms with E-state index >= 15 is 0 Å². The largest absolute Gasteiger partial charge is 0.382 e. The number of aromatic nitrogens is 2. The number of halogens is 1. The maximum absolute atomic E-state index is 13.2. The van der Waals surface area contributed by atoms with Crippen LogP contribution in [0.15, 0.2) is 48.7 Å². The molecular weight excluding hydrogens is 293 g/mol. The van der Waals surface area contributed by atoms with Crippen molar-refractivity contribution < 1.29 is 4.39 Å². The van der Waals surface area contributed by atoms with Gasteiger partial charge in [0.05, 0.1) is 23.1 Å². The van der Waals surface area contributed by atoms with E-state index in [1.807, 2.05) is 36.4 Å². The highest BCUT2D eigenvalue weighted by Crippen LogP contribution is 2.32. The first-order valence-corrected chi connectivity index (χ1v) is 7.29. The van der Waals surface area contributed by atoms with Gasteiger partial charge in [-0.25, -0.2) is 14.4 Å². The molecule has 23 heavy (non-hydrogen) atoms. The van der Waals surface area contributed by atoms with Gasteiger partial charge < -0.3 is 16.4 Å². The first kappa shape index (κ1) is 15.2. The van der Waals surface area contributed by atoms with Crippen molar-refractivity contribution in [2.75, 3.05) is 12.8 Å². The molecule has 0 spiro atoms. The molecule has 1 aromatic carbocycles. The molecule has 2 heterocycles. The quantitative estimate of drug-likeness (QED) is 0.909. The van der Waals surface area contributed by atoms with Crippen molar-refractivity contribution in [3.8, 4) is 11.3 Å². The molecule has 1 unspecified atom stereocenters. The van der Waals surface area contributed by atoms with Gasteiger partial charge in [-0.1, -0.05) is 12.2 Å². The standard InChI is InChI=1S/C17H18FN5/c1-23-9-3-2-4-14(23)16-15(11-5-7-12(18)8-6-11)22-17(20)13(10-19)21-16/h2-9,14H,10,19H2,1H3,(H2,20,22). The van der Waals surface area contributed by atoms with Crippen LogP contribution in [0, 0.1) is 5.82 Å². The van der Waals surface area contributed by atoms with E-state index in [0.717, 1.165) is 11.3 Å². The van der Waals surface area contributed by atoms with Crippen LogP contribution in [0.3, 0.4) is 0 Å². The van der Waals surface area contributed by atoms with Gasteiger partial charge in [-0.3, -0.25) is 0 Å². The number of benzene rings is 1. The highest BCUT2D eigenvalue weighted by Gasteiger charge is 2.22. The molecule has 0 saturated carbocycles. The molecule has 0 saturated heterocycles. The molecule has 0 bridgehead atoms. The number of nitrogen functional groups attached to an aromatic ring is 1. The van der Waals surface area contributed by atoms with Crippen molar-refractivity contribution in [1.29, 1.82) is 0 Å². The third kappa shape index (κ3) is 2.93. The Balaban J connectivity index is 2.17. The van der Waals surface area contributed by atoms with Gasteiger partial charge in [0, 0.05) is 19.2 Å². The smallest absolute Gasteiger partial charge is 0.147 e. The molecule has 0 aliphatic carbocycles. The van der Waals surface area contributed by atoms with Crippen LogP contribution in [-0.2, 0) is 6.54 Å². The van der Waals surface area contributed by atoms with Gasteiger partial charge in [0.25, 0.3) is 0 Å². The van der Waals surface area contributed by atoms with Crippen molar-refractivity contribution >= 4 is 5.82 Å². The lowest BCUT2D eigenvalue weighted by molar-refractivity contribution is 0.382. The number of hydrogen-bond donors (Lipinski definition) is 2. The number of hydrogen-bond acceptors (Lipinski definition) is 5. The maximum Gasteiger partial charge on any atom is 0.147 e. The number of anilines is 1. The monoisotopic (exact) mass is 311 g/mol. The highest BCUT2D eigenvalue weighted by molar-refractivity contribution is 5.65. The maximum atomic E-state index is 13.2. The SMILES string of the molecule is CN1C=CC=CC1c1nc(CN)c(N)nc1-c1ccc(F)cc1. The summed E-state index contributed by atoms with van der Waals surface area (Å²) in [5.41, 5.74) is 14.4. The Morgan fingerprint density at radius 1 is 1.17 bits per heavy atom. The first-order valence-electron chi connectivity index (χ1n) is 7.29. The lowest BCUT2D eigenvalue weighted by atomic mass is 10.0. The van der Waals surface area contributed by atoms with Crippen LogP contribution in [0.25, 0.3) is 11.3 Å². The number of nitrogens with two attached hydrogens (primary N) is 2. The molecule has 0 radical (unpaired) electrons. The molecule has 6 heteroatoms. The summed E-state index contributed by atoms with van der Waals surface area (Å²) < 4.78 is 13.2. The fourth-order valence-corrected chi connectivity index (χ4v) is 2.54. The predicted molar refractivity (Wildman–Crippen MR) is 88.5 cm³/mol. The van der Waals surface area contributed by atoms with Crippen molar-refractivity contribution in [2.45, 2.75) is 12.6 Å². The molecule has 1 aliphatic heterocycles. The van der Waals surface area contributed by atoms with Gasteiger partial charge >= 0.3 is 0 Å². The van der Waals surface area contributed by atoms with E-state index in [1.165, 1.54) is 12.1 Å². The van der Waals surface area contributed by atoms with Crippen LogP contribution in [-0.4, -0.2) is 21.9 Å². The third-order valence-corrected chi connectivity index (χ3v) is 3.78. The minimum atomic E-state index is -0.299. The molecule has 1 aliphatic rings. The van der Waals surface area contributed by atoms with Crippen LogP contribution in [0.5, 0.6) is 0 Å². The Hall–Kier alpha value is -2.73. The Bertz CT molecular complexity index is 767. The van der Waals surface area contributed by atoms with Crippen LogP contribution in [0.1, 0.15) is 17.4 Å². The lowest BCUT2D eigenvalue weighted by Crippen LogP contribution is -2.22. The van der Waals surface area contributed by atoms with Crippen LogP contribution in [0.2, 0.25) is 0 Å². The number of rotatable bonds is 3. The minimum absolute atomic E-state index is 0.0848. The third-order valence-electron chi connectivity index (χ3n) is 3.78. The molecule has 0 amide bonds. The molecule has 1 atom stereocenters. The molecule has 1 aromatic heterocycles. The zero-order valence-electron chi connectivity index (χ0n) is 12.8. The van der Waals surface area contributed by atoms with Gasteiger partial charge in [-0.2, -0.15) is 0 Å². The lowest BCUT2D eigenvalue weighted by Gasteiger charge is -2.27. The zero-order chi connectivity index (χ0) is 16.4. The molecule has 0 fully saturated rings. The predicted octanol–water partition coefficient (Wildman–Crippen LogP) is 2.38. The second kappa shape index (κ2) is 6.18. The summed E-state index contributed by atoms with van der Waals surface area (Å²) in [5, 5.41) is 0. The van der Waals surface area contributed by atoms with E-state index in [4.69, 9.17) is 11.5 Å². The molecule has 2 aromatic rings. The van der Waals surface area contributed by atoms with E-state index < -0.39 is 0 Å². The number of likely N-dealkylation sites (N-methyl/N-ethyl adjacent to an activating group) is 1. The van der Waals surface area contributed by atoms with Crippen LogP contribution < -0.4 is 11.5 Å². The Labute approximate surface area is 134 Å². The van der Waals surface area contributed by atoms with Gasteiger partial charge in [0.15, 0.2) is 0 Å². The fourth-order valence-electron chi connectivity index (χ4n) is 2.54. The highest BCUT2D eigenvalue weighted by atomic mass is 19.1. The van der Waals surface area contributed by atoms with E-state index in [9.17, 15) is 4.39 Å². The summed E-state index contributed by atoms with van der Waals surface area (Å²) in [6, 6.07) is 6.06. The summed E-state index contributed by atoms with van der Waals surface area (Å²) in [4.78, 5) is 11.1. The summed E-state index contributed by atoms with van der Waals surface area (Å²) in [6.07, 6.45) is 7.88. The van der Waals surface area contributed by atoms with Crippen molar-refractivity contribution in [1.82, 2.24) is 14.9 Å².